The van der Waals surface area contributed by atoms with Crippen molar-refractivity contribution in [3.05, 3.63) is 41.5 Å². The zero-order valence-corrected chi connectivity index (χ0v) is 15.5. The Hall–Kier alpha value is -1.58. The van der Waals surface area contributed by atoms with Crippen LogP contribution in [0.1, 0.15) is 31.9 Å². The summed E-state index contributed by atoms with van der Waals surface area (Å²) in [5, 5.41) is 16.5. The van der Waals surface area contributed by atoms with Crippen LogP contribution in [0.15, 0.2) is 30.3 Å². The number of benzene rings is 2. The maximum absolute atomic E-state index is 9.57. The molecule has 0 fully saturated rings. The fourth-order valence-corrected chi connectivity index (χ4v) is 8.61. The molecule has 3 heteroatoms. The molecule has 1 aliphatic carbocycles. The Bertz CT molecular complexity index is 806. The number of hydrogen-bond acceptors (Lipinski definition) is 2. The molecule has 2 aliphatic rings. The van der Waals surface area contributed by atoms with Crippen LogP contribution >= 0.6 is 0 Å². The van der Waals surface area contributed by atoms with Crippen molar-refractivity contribution in [3.8, 4) is 11.1 Å². The van der Waals surface area contributed by atoms with Crippen LogP contribution in [0.5, 0.6) is 0 Å². The van der Waals surface area contributed by atoms with Gasteiger partial charge in [-0.3, -0.25) is 0 Å². The summed E-state index contributed by atoms with van der Waals surface area (Å²) in [6, 6.07) is 12.1. The molecule has 0 saturated carbocycles. The first-order valence-corrected chi connectivity index (χ1v) is 11.2. The van der Waals surface area contributed by atoms with Gasteiger partial charge in [-0.05, 0) is 71.9 Å². The van der Waals surface area contributed by atoms with E-state index in [1.54, 1.807) is 15.9 Å². The topological polar surface area (TPSA) is 32.3 Å². The van der Waals surface area contributed by atoms with Crippen molar-refractivity contribution in [2.75, 3.05) is 11.9 Å². The van der Waals surface area contributed by atoms with Crippen LogP contribution in [0.3, 0.4) is 0 Å². The molecule has 2 aromatic rings. The highest BCUT2D eigenvalue weighted by Crippen LogP contribution is 2.42. The first-order chi connectivity index (χ1) is 10.8. The normalized spacial score (nSPS) is 20.7. The number of anilines is 1. The first-order valence-electron chi connectivity index (χ1n) is 8.53. The lowest BCUT2D eigenvalue weighted by Gasteiger charge is -2.23. The Morgan fingerprint density at radius 3 is 2.57 bits per heavy atom. The van der Waals surface area contributed by atoms with E-state index in [0.29, 0.717) is 6.61 Å². The monoisotopic (exact) mass is 323 g/mol. The second-order valence-electron chi connectivity index (χ2n) is 8.21. The third-order valence-electron chi connectivity index (χ3n) is 5.27. The zero-order chi connectivity index (χ0) is 16.4. The molecule has 0 radical (unpaired) electrons. The number of aliphatic hydroxyl groups excluding tert-OH is 1. The Balaban J connectivity index is 1.89. The maximum atomic E-state index is 9.57. The number of rotatable bonds is 3. The highest BCUT2D eigenvalue weighted by molar-refractivity contribution is 7.18. The van der Waals surface area contributed by atoms with Gasteiger partial charge >= 0.3 is 0 Å². The van der Waals surface area contributed by atoms with E-state index in [9.17, 15) is 5.11 Å². The van der Waals surface area contributed by atoms with Gasteiger partial charge in [-0.15, -0.1) is 0 Å². The summed E-state index contributed by atoms with van der Waals surface area (Å²) >= 11 is 0. The van der Waals surface area contributed by atoms with Gasteiger partial charge in [0.05, 0.1) is 0 Å². The molecule has 4 rings (SSSR count). The molecular formula is C20H25NOSi. The maximum Gasteiger partial charge on any atom is 0.120 e. The first kappa shape index (κ1) is 15.0. The van der Waals surface area contributed by atoms with E-state index in [0.717, 1.165) is 12.5 Å². The van der Waals surface area contributed by atoms with E-state index in [1.807, 2.05) is 0 Å². The van der Waals surface area contributed by atoms with Crippen molar-refractivity contribution in [3.63, 3.8) is 0 Å². The summed E-state index contributed by atoms with van der Waals surface area (Å²) < 4.78 is 0. The van der Waals surface area contributed by atoms with Crippen molar-refractivity contribution in [1.29, 1.82) is 0 Å². The quantitative estimate of drug-likeness (QED) is 0.726. The number of hydrogen-bond donors (Lipinski definition) is 2. The van der Waals surface area contributed by atoms with Crippen LogP contribution in [0, 0.1) is 0 Å². The summed E-state index contributed by atoms with van der Waals surface area (Å²) in [6.45, 7) is 9.37. The van der Waals surface area contributed by atoms with Crippen molar-refractivity contribution >= 4 is 24.1 Å². The van der Waals surface area contributed by atoms with E-state index in [4.69, 9.17) is 0 Å². The van der Waals surface area contributed by atoms with Crippen molar-refractivity contribution < 1.29 is 5.11 Å². The van der Waals surface area contributed by atoms with Gasteiger partial charge in [0.25, 0.3) is 0 Å². The summed E-state index contributed by atoms with van der Waals surface area (Å²) in [5.41, 5.74) is 7.17. The zero-order valence-electron chi connectivity index (χ0n) is 14.5. The molecule has 1 heterocycles. The molecule has 0 saturated heterocycles. The van der Waals surface area contributed by atoms with Crippen LogP contribution in [0.4, 0.5) is 5.69 Å². The molecule has 0 spiro atoms. The van der Waals surface area contributed by atoms with E-state index in [-0.39, 0.29) is 5.54 Å². The molecule has 0 amide bonds. The molecule has 2 N–H and O–H groups in total. The van der Waals surface area contributed by atoms with Gasteiger partial charge in [-0.2, -0.15) is 0 Å². The Kier molecular flexibility index (Phi) is 3.07. The smallest absolute Gasteiger partial charge is 0.120 e. The summed E-state index contributed by atoms with van der Waals surface area (Å²) in [6.07, 6.45) is 1.07. The molecule has 2 nitrogen and oxygen atoms in total. The van der Waals surface area contributed by atoms with Gasteiger partial charge in [0.15, 0.2) is 0 Å². The van der Waals surface area contributed by atoms with Crippen molar-refractivity contribution in [2.24, 2.45) is 0 Å². The number of fused-ring (bicyclic) bond motifs is 5. The highest BCUT2D eigenvalue weighted by atomic mass is 28.3. The van der Waals surface area contributed by atoms with Crippen molar-refractivity contribution in [2.45, 2.75) is 45.3 Å². The minimum Gasteiger partial charge on any atom is -0.397 e. The molecular weight excluding hydrogens is 298 g/mol. The SMILES string of the molecule is CC(C)(C)Nc1cc2c(c3c1[Si]3(C)CCO)Cc1ccccc1-2. The van der Waals surface area contributed by atoms with E-state index >= 15 is 0 Å². The number of nitrogens with one attached hydrogen (secondary N) is 1. The fraction of sp³-hybridized carbons (Fsp3) is 0.400. The fourth-order valence-electron chi connectivity index (χ4n) is 4.30. The predicted molar refractivity (Wildman–Crippen MR) is 101 cm³/mol. The predicted octanol–water partition coefficient (Wildman–Crippen LogP) is 2.97. The average molecular weight is 324 g/mol. The Morgan fingerprint density at radius 1 is 1.13 bits per heavy atom. The molecule has 120 valence electrons. The molecule has 23 heavy (non-hydrogen) atoms. The molecule has 1 aliphatic heterocycles. The van der Waals surface area contributed by atoms with Gasteiger partial charge in [-0.25, -0.2) is 0 Å². The van der Waals surface area contributed by atoms with Gasteiger partial charge in [0, 0.05) is 17.8 Å². The lowest BCUT2D eigenvalue weighted by atomic mass is 10.0. The van der Waals surface area contributed by atoms with Gasteiger partial charge in [0.2, 0.25) is 0 Å². The van der Waals surface area contributed by atoms with Gasteiger partial charge in [0.1, 0.15) is 8.07 Å². The lowest BCUT2D eigenvalue weighted by molar-refractivity contribution is 0.317. The molecule has 1 atom stereocenters. The third-order valence-corrected chi connectivity index (χ3v) is 9.52. The van der Waals surface area contributed by atoms with E-state index in [1.165, 1.54) is 22.4 Å². The second kappa shape index (κ2) is 4.71. The summed E-state index contributed by atoms with van der Waals surface area (Å²) in [5.74, 6) is 0. The largest absolute Gasteiger partial charge is 0.397 e. The number of aliphatic hydroxyl groups is 1. The molecule has 1 unspecified atom stereocenters. The van der Waals surface area contributed by atoms with Crippen LogP contribution in [-0.2, 0) is 6.42 Å². The van der Waals surface area contributed by atoms with Crippen LogP contribution in [0.25, 0.3) is 11.1 Å². The van der Waals surface area contributed by atoms with Gasteiger partial charge < -0.3 is 10.4 Å². The van der Waals surface area contributed by atoms with Crippen LogP contribution in [0.2, 0.25) is 12.6 Å². The summed E-state index contributed by atoms with van der Waals surface area (Å²) in [7, 11) is -1.60. The average Bonchev–Trinajstić information content (AvgIpc) is 2.91. The molecule has 0 aromatic heterocycles. The minimum atomic E-state index is -1.60. The highest BCUT2D eigenvalue weighted by Gasteiger charge is 2.53. The van der Waals surface area contributed by atoms with Crippen LogP contribution < -0.4 is 15.7 Å². The van der Waals surface area contributed by atoms with Crippen molar-refractivity contribution in [1.82, 2.24) is 0 Å². The van der Waals surface area contributed by atoms with Gasteiger partial charge in [-0.1, -0.05) is 30.8 Å². The van der Waals surface area contributed by atoms with Crippen LogP contribution in [-0.4, -0.2) is 25.3 Å². The minimum absolute atomic E-state index is 0.0528. The second-order valence-corrected chi connectivity index (χ2v) is 12.4. The van der Waals surface area contributed by atoms with E-state index < -0.39 is 8.07 Å². The third kappa shape index (κ3) is 2.18. The summed E-state index contributed by atoms with van der Waals surface area (Å²) in [4.78, 5) is 0. The lowest BCUT2D eigenvalue weighted by Crippen LogP contribution is -2.31. The standard InChI is InChI=1S/C20H25NOSi/c1-20(2,3)21-17-12-15-14-8-6-5-7-13(14)11-16(15)18-19(17)23(18,4)10-9-22/h5-8,12,21-22H,9-11H2,1-4H3. The van der Waals surface area contributed by atoms with E-state index in [2.05, 4.69) is 63.0 Å². The molecule has 2 aromatic carbocycles. The molecule has 0 bridgehead atoms. The Morgan fingerprint density at radius 2 is 1.87 bits per heavy atom. The Labute approximate surface area is 139 Å².